The van der Waals surface area contributed by atoms with Crippen molar-refractivity contribution in [3.8, 4) is 0 Å². The molecular weight excluding hydrogens is 239 g/mol. The Kier molecular flexibility index (Phi) is 4.92. The average Bonchev–Trinajstić information content (AvgIpc) is 1.76. The number of alkyl halides is 3. The van der Waals surface area contributed by atoms with Crippen LogP contribution in [0.4, 0.5) is 13.2 Å². The molecule has 2 nitrogen and oxygen atoms in total. The average molecular weight is 245 g/mol. The van der Waals surface area contributed by atoms with Gasteiger partial charge in [0.25, 0.3) is 0 Å². The molecule has 0 aromatic carbocycles. The Labute approximate surface area is 77.0 Å². The van der Waals surface area contributed by atoms with Crippen LogP contribution >= 0.6 is 28.6 Å². The highest BCUT2D eigenvalue weighted by Gasteiger charge is 2.26. The van der Waals surface area contributed by atoms with Crippen LogP contribution in [0.2, 0.25) is 0 Å². The van der Waals surface area contributed by atoms with Gasteiger partial charge in [-0.3, -0.25) is 4.57 Å². The standard InChI is InChI=1S/C4H6Cl2F3O2P/c5-12(6,10)11-3-1-2-4(7,8)9/h1-3H2. The molecule has 0 aliphatic rings. The van der Waals surface area contributed by atoms with Crippen LogP contribution < -0.4 is 0 Å². The Balaban J connectivity index is 3.41. The molecule has 0 bridgehead atoms. The minimum absolute atomic E-state index is 0.299. The van der Waals surface area contributed by atoms with Crippen LogP contribution in [0.1, 0.15) is 12.8 Å². The summed E-state index contributed by atoms with van der Waals surface area (Å²) in [5.41, 5.74) is 0. The van der Waals surface area contributed by atoms with Crippen LogP contribution in [0.15, 0.2) is 0 Å². The Bertz CT molecular complexity index is 178. The second-order valence-corrected chi connectivity index (χ2v) is 6.24. The predicted octanol–water partition coefficient (Wildman–Crippen LogP) is 3.93. The second-order valence-electron chi connectivity index (χ2n) is 1.97. The number of hydrogen-bond donors (Lipinski definition) is 0. The summed E-state index contributed by atoms with van der Waals surface area (Å²) in [5, 5.41) is 0. The van der Waals surface area contributed by atoms with E-state index in [1.165, 1.54) is 0 Å². The van der Waals surface area contributed by atoms with Crippen LogP contribution in [0.5, 0.6) is 0 Å². The highest BCUT2D eigenvalue weighted by Crippen LogP contribution is 2.57. The first kappa shape index (κ1) is 12.6. The van der Waals surface area contributed by atoms with Gasteiger partial charge in [-0.2, -0.15) is 13.2 Å². The minimum atomic E-state index is -4.23. The van der Waals surface area contributed by atoms with Crippen molar-refractivity contribution < 1.29 is 22.3 Å². The molecule has 0 aromatic heterocycles. The molecule has 0 heterocycles. The molecule has 0 aromatic rings. The van der Waals surface area contributed by atoms with E-state index in [2.05, 4.69) is 4.52 Å². The van der Waals surface area contributed by atoms with Gasteiger partial charge in [0.2, 0.25) is 0 Å². The lowest BCUT2D eigenvalue weighted by Gasteiger charge is -2.06. The molecule has 0 radical (unpaired) electrons. The zero-order valence-corrected chi connectivity index (χ0v) is 8.18. The first-order chi connectivity index (χ1) is 5.21. The molecule has 0 amide bonds. The second kappa shape index (κ2) is 4.70. The lowest BCUT2D eigenvalue weighted by atomic mass is 10.3. The zero-order valence-electron chi connectivity index (χ0n) is 5.77. The van der Waals surface area contributed by atoms with Crippen LogP contribution in [-0.2, 0) is 9.09 Å². The lowest BCUT2D eigenvalue weighted by Crippen LogP contribution is -2.07. The van der Waals surface area contributed by atoms with Crippen molar-refractivity contribution in [1.29, 1.82) is 0 Å². The summed E-state index contributed by atoms with van der Waals surface area (Å²) in [5.74, 6) is 0. The van der Waals surface area contributed by atoms with Gasteiger partial charge in [-0.25, -0.2) is 0 Å². The summed E-state index contributed by atoms with van der Waals surface area (Å²) in [6, 6.07) is 0. The van der Waals surface area contributed by atoms with Crippen LogP contribution in [-0.4, -0.2) is 12.8 Å². The highest BCUT2D eigenvalue weighted by atomic mass is 35.9. The SMILES string of the molecule is O=P(Cl)(Cl)OCCCC(F)(F)F. The summed E-state index contributed by atoms with van der Waals surface area (Å²) >= 11 is 9.80. The Morgan fingerprint density at radius 2 is 1.83 bits per heavy atom. The van der Waals surface area contributed by atoms with Crippen molar-refractivity contribution in [2.45, 2.75) is 19.0 Å². The number of rotatable bonds is 4. The summed E-state index contributed by atoms with van der Waals surface area (Å²) in [7, 11) is 0. The van der Waals surface area contributed by atoms with Crippen molar-refractivity contribution >= 4 is 28.6 Å². The van der Waals surface area contributed by atoms with Crippen LogP contribution in [0.25, 0.3) is 0 Å². The van der Waals surface area contributed by atoms with Gasteiger partial charge in [0.15, 0.2) is 0 Å². The van der Waals surface area contributed by atoms with Crippen LogP contribution in [0.3, 0.4) is 0 Å². The molecule has 0 fully saturated rings. The molecule has 0 N–H and O–H groups in total. The largest absolute Gasteiger partial charge is 0.389 e. The first-order valence-corrected chi connectivity index (χ1v) is 6.35. The molecule has 0 spiro atoms. The van der Waals surface area contributed by atoms with Gasteiger partial charge in [-0.05, 0) is 28.9 Å². The molecule has 0 saturated heterocycles. The van der Waals surface area contributed by atoms with E-state index in [1.807, 2.05) is 0 Å². The van der Waals surface area contributed by atoms with Crippen LogP contribution in [0, 0.1) is 0 Å². The maximum Gasteiger partial charge on any atom is 0.389 e. The maximum atomic E-state index is 11.5. The van der Waals surface area contributed by atoms with E-state index in [1.54, 1.807) is 0 Å². The highest BCUT2D eigenvalue weighted by molar-refractivity contribution is 8.05. The summed E-state index contributed by atoms with van der Waals surface area (Å²) in [6.07, 6.45) is -9.20. The van der Waals surface area contributed by atoms with Gasteiger partial charge in [-0.15, -0.1) is 0 Å². The molecule has 0 aliphatic carbocycles. The van der Waals surface area contributed by atoms with Gasteiger partial charge < -0.3 is 4.52 Å². The van der Waals surface area contributed by atoms with Crippen molar-refractivity contribution in [2.24, 2.45) is 0 Å². The Morgan fingerprint density at radius 1 is 1.33 bits per heavy atom. The Morgan fingerprint density at radius 3 is 2.17 bits per heavy atom. The van der Waals surface area contributed by atoms with Crippen molar-refractivity contribution in [3.63, 3.8) is 0 Å². The molecule has 74 valence electrons. The van der Waals surface area contributed by atoms with E-state index >= 15 is 0 Å². The third-order valence-electron chi connectivity index (χ3n) is 0.846. The molecule has 0 unspecified atom stereocenters. The van der Waals surface area contributed by atoms with Gasteiger partial charge >= 0.3 is 12.3 Å². The molecule has 0 saturated carbocycles. The lowest BCUT2D eigenvalue weighted by molar-refractivity contribution is -0.136. The van der Waals surface area contributed by atoms with Gasteiger partial charge in [0, 0.05) is 6.42 Å². The fraction of sp³-hybridized carbons (Fsp3) is 1.00. The van der Waals surface area contributed by atoms with Gasteiger partial charge in [-0.1, -0.05) is 0 Å². The normalized spacial score (nSPS) is 13.4. The van der Waals surface area contributed by atoms with E-state index in [0.29, 0.717) is 0 Å². The van der Waals surface area contributed by atoms with E-state index < -0.39 is 18.7 Å². The van der Waals surface area contributed by atoms with Crippen molar-refractivity contribution in [3.05, 3.63) is 0 Å². The quantitative estimate of drug-likeness (QED) is 0.553. The molecular formula is C4H6Cl2F3O2P. The molecule has 0 aliphatic heterocycles. The monoisotopic (exact) mass is 244 g/mol. The summed E-state index contributed by atoms with van der Waals surface area (Å²) in [4.78, 5) is 0. The van der Waals surface area contributed by atoms with Gasteiger partial charge in [0.05, 0.1) is 6.61 Å². The summed E-state index contributed by atoms with van der Waals surface area (Å²) in [6.45, 7) is -0.357. The zero-order chi connectivity index (χ0) is 9.83. The van der Waals surface area contributed by atoms with E-state index in [0.717, 1.165) is 0 Å². The van der Waals surface area contributed by atoms with Gasteiger partial charge in [0.1, 0.15) is 0 Å². The first-order valence-electron chi connectivity index (χ1n) is 2.91. The molecule has 0 atom stereocenters. The Hall–Kier alpha value is 0.560. The topological polar surface area (TPSA) is 26.3 Å². The molecule has 8 heteroatoms. The fourth-order valence-electron chi connectivity index (χ4n) is 0.443. The number of hydrogen-bond acceptors (Lipinski definition) is 2. The third-order valence-corrected chi connectivity index (χ3v) is 1.91. The van der Waals surface area contributed by atoms with Crippen molar-refractivity contribution in [2.75, 3.05) is 6.61 Å². The van der Waals surface area contributed by atoms with E-state index in [9.17, 15) is 17.7 Å². The smallest absolute Gasteiger partial charge is 0.306 e. The maximum absolute atomic E-state index is 11.5. The van der Waals surface area contributed by atoms with Crippen molar-refractivity contribution in [1.82, 2.24) is 0 Å². The molecule has 12 heavy (non-hydrogen) atoms. The third kappa shape index (κ3) is 10.6. The van der Waals surface area contributed by atoms with E-state index in [-0.39, 0.29) is 13.0 Å². The predicted molar refractivity (Wildman–Crippen MR) is 40.6 cm³/mol. The molecule has 0 rings (SSSR count). The summed E-state index contributed by atoms with van der Waals surface area (Å²) < 4.78 is 49.0. The fourth-order valence-corrected chi connectivity index (χ4v) is 1.20. The number of halogens is 5. The minimum Gasteiger partial charge on any atom is -0.306 e. The van der Waals surface area contributed by atoms with E-state index in [4.69, 9.17) is 22.5 Å².